The highest BCUT2D eigenvalue weighted by Gasteiger charge is 2.36. The molecule has 1 amide bonds. The zero-order valence-electron chi connectivity index (χ0n) is 16.8. The van der Waals surface area contributed by atoms with E-state index in [9.17, 15) is 10.1 Å². The molecule has 1 aliphatic rings. The average molecular weight is 434 g/mol. The van der Waals surface area contributed by atoms with Gasteiger partial charge in [-0.2, -0.15) is 5.26 Å². The van der Waals surface area contributed by atoms with Crippen molar-refractivity contribution in [3.63, 3.8) is 0 Å². The van der Waals surface area contributed by atoms with Crippen molar-refractivity contribution in [2.45, 2.75) is 51.1 Å². The van der Waals surface area contributed by atoms with E-state index in [4.69, 9.17) is 23.2 Å². The van der Waals surface area contributed by atoms with Gasteiger partial charge in [0.25, 0.3) is 0 Å². The molecule has 2 N–H and O–H groups in total. The van der Waals surface area contributed by atoms with Crippen LogP contribution in [0.2, 0.25) is 10.0 Å². The van der Waals surface area contributed by atoms with Crippen LogP contribution in [0.3, 0.4) is 0 Å². The van der Waals surface area contributed by atoms with Crippen molar-refractivity contribution in [2.24, 2.45) is 0 Å². The van der Waals surface area contributed by atoms with E-state index in [0.717, 1.165) is 29.8 Å². The third kappa shape index (κ3) is 4.75. The lowest BCUT2D eigenvalue weighted by Crippen LogP contribution is -2.50. The van der Waals surface area contributed by atoms with Crippen LogP contribution in [0.5, 0.6) is 0 Å². The Morgan fingerprint density at radius 1 is 1.41 bits per heavy atom. The number of carbonyl (C=O) groups is 1. The molecule has 0 spiro atoms. The zero-order chi connectivity index (χ0) is 21.2. The minimum absolute atomic E-state index is 0.0660. The van der Waals surface area contributed by atoms with E-state index >= 15 is 0 Å². The van der Waals surface area contributed by atoms with Crippen molar-refractivity contribution < 1.29 is 4.79 Å². The first-order chi connectivity index (χ1) is 13.7. The third-order valence-corrected chi connectivity index (χ3v) is 5.94. The monoisotopic (exact) mass is 433 g/mol. The lowest BCUT2D eigenvalue weighted by Gasteiger charge is -2.36. The largest absolute Gasteiger partial charge is 0.348 e. The highest BCUT2D eigenvalue weighted by molar-refractivity contribution is 6.34. The number of hydrogen-bond acceptors (Lipinski definition) is 4. The summed E-state index contributed by atoms with van der Waals surface area (Å²) in [4.78, 5) is 22.0. The fraction of sp³-hybridized carbons (Fsp3) is 0.476. The standard InChI is InChI=1S/C21H25Cl2N5O/c1-13-20(26-12-25-13)19(14-7-15(22)9-16(23)8-14)21(2,3)27-11-18(29)28-6-4-5-17(28)10-24/h7-9,12,17,19,27H,4-6,11H2,1-3H3,(H,25,26)/t17-,19?/m0/s1. The molecule has 2 heterocycles. The summed E-state index contributed by atoms with van der Waals surface area (Å²) in [5, 5.41) is 13.7. The molecule has 0 aliphatic carbocycles. The van der Waals surface area contributed by atoms with Crippen LogP contribution in [0.1, 0.15) is 49.6 Å². The lowest BCUT2D eigenvalue weighted by molar-refractivity contribution is -0.130. The van der Waals surface area contributed by atoms with Gasteiger partial charge < -0.3 is 15.2 Å². The number of H-pyrrole nitrogens is 1. The Kier molecular flexibility index (Phi) is 6.52. The molecule has 1 saturated heterocycles. The summed E-state index contributed by atoms with van der Waals surface area (Å²) in [6.07, 6.45) is 3.26. The minimum atomic E-state index is -0.536. The number of aryl methyl sites for hydroxylation is 1. The van der Waals surface area contributed by atoms with Gasteiger partial charge in [-0.1, -0.05) is 23.2 Å². The number of amides is 1. The van der Waals surface area contributed by atoms with Crippen molar-refractivity contribution in [3.8, 4) is 6.07 Å². The van der Waals surface area contributed by atoms with E-state index in [-0.39, 0.29) is 24.4 Å². The SMILES string of the molecule is Cc1[nH]cnc1C(c1cc(Cl)cc(Cl)c1)C(C)(C)NCC(=O)N1CCC[C@H]1C#N. The van der Waals surface area contributed by atoms with Gasteiger partial charge in [-0.15, -0.1) is 0 Å². The van der Waals surface area contributed by atoms with Crippen LogP contribution in [-0.2, 0) is 4.79 Å². The van der Waals surface area contributed by atoms with Crippen molar-refractivity contribution in [2.75, 3.05) is 13.1 Å². The predicted molar refractivity (Wildman–Crippen MR) is 114 cm³/mol. The number of likely N-dealkylation sites (tertiary alicyclic amines) is 1. The highest BCUT2D eigenvalue weighted by atomic mass is 35.5. The van der Waals surface area contributed by atoms with Crippen LogP contribution in [0.4, 0.5) is 0 Å². The molecular weight excluding hydrogens is 409 g/mol. The first kappa shape index (κ1) is 21.6. The highest BCUT2D eigenvalue weighted by Crippen LogP contribution is 2.37. The molecule has 2 atom stereocenters. The van der Waals surface area contributed by atoms with Crippen LogP contribution in [0.15, 0.2) is 24.5 Å². The number of halogens is 2. The Balaban J connectivity index is 1.87. The van der Waals surface area contributed by atoms with Gasteiger partial charge in [0.2, 0.25) is 5.91 Å². The summed E-state index contributed by atoms with van der Waals surface area (Å²) in [6.45, 7) is 6.79. The third-order valence-electron chi connectivity index (χ3n) is 5.50. The van der Waals surface area contributed by atoms with E-state index in [0.29, 0.717) is 16.6 Å². The number of hydrogen-bond donors (Lipinski definition) is 2. The summed E-state index contributed by atoms with van der Waals surface area (Å²) < 4.78 is 0. The molecule has 0 bridgehead atoms. The normalized spacial score (nSPS) is 17.9. The minimum Gasteiger partial charge on any atom is -0.348 e. The molecule has 1 aromatic carbocycles. The maximum atomic E-state index is 12.7. The Morgan fingerprint density at radius 3 is 2.69 bits per heavy atom. The zero-order valence-corrected chi connectivity index (χ0v) is 18.3. The molecule has 6 nitrogen and oxygen atoms in total. The van der Waals surface area contributed by atoms with Gasteiger partial charge in [-0.05, 0) is 57.4 Å². The molecule has 1 aromatic heterocycles. The van der Waals surface area contributed by atoms with Crippen LogP contribution in [0, 0.1) is 18.3 Å². The number of nitrogens with one attached hydrogen (secondary N) is 2. The second-order valence-electron chi connectivity index (χ2n) is 8.00. The Labute approximate surface area is 181 Å². The Morgan fingerprint density at radius 2 is 2.10 bits per heavy atom. The van der Waals surface area contributed by atoms with E-state index in [1.807, 2.05) is 32.9 Å². The smallest absolute Gasteiger partial charge is 0.237 e. The number of rotatable bonds is 6. The second kappa shape index (κ2) is 8.74. The van der Waals surface area contributed by atoms with E-state index < -0.39 is 5.54 Å². The number of imidazole rings is 1. The van der Waals surface area contributed by atoms with E-state index in [1.165, 1.54) is 0 Å². The summed E-state index contributed by atoms with van der Waals surface area (Å²) in [5.74, 6) is -0.258. The van der Waals surface area contributed by atoms with Gasteiger partial charge in [-0.3, -0.25) is 4.79 Å². The van der Waals surface area contributed by atoms with Gasteiger partial charge in [0.1, 0.15) is 6.04 Å². The number of nitrogens with zero attached hydrogens (tertiary/aromatic N) is 3. The lowest BCUT2D eigenvalue weighted by atomic mass is 9.79. The summed E-state index contributed by atoms with van der Waals surface area (Å²) in [5.41, 5.74) is 2.19. The van der Waals surface area contributed by atoms with Crippen LogP contribution in [0.25, 0.3) is 0 Å². The van der Waals surface area contributed by atoms with Crippen molar-refractivity contribution in [1.82, 2.24) is 20.2 Å². The Hall–Kier alpha value is -2.07. The van der Waals surface area contributed by atoms with Crippen LogP contribution in [-0.4, -0.2) is 45.4 Å². The molecule has 154 valence electrons. The van der Waals surface area contributed by atoms with Crippen molar-refractivity contribution in [3.05, 3.63) is 51.5 Å². The molecule has 29 heavy (non-hydrogen) atoms. The molecule has 2 aromatic rings. The summed E-state index contributed by atoms with van der Waals surface area (Å²) >= 11 is 12.5. The Bertz CT molecular complexity index is 913. The molecule has 1 unspecified atom stereocenters. The number of aromatic amines is 1. The maximum Gasteiger partial charge on any atom is 0.237 e. The molecule has 8 heteroatoms. The van der Waals surface area contributed by atoms with E-state index in [2.05, 4.69) is 21.4 Å². The number of benzene rings is 1. The van der Waals surface area contributed by atoms with Gasteiger partial charge in [0.05, 0.1) is 24.6 Å². The molecule has 0 radical (unpaired) electrons. The fourth-order valence-corrected chi connectivity index (χ4v) is 4.57. The van der Waals surface area contributed by atoms with Gasteiger partial charge in [0, 0.05) is 33.7 Å². The predicted octanol–water partition coefficient (Wildman–Crippen LogP) is 4.04. The molecular formula is C21H25Cl2N5O. The van der Waals surface area contributed by atoms with Gasteiger partial charge >= 0.3 is 0 Å². The molecule has 0 saturated carbocycles. The van der Waals surface area contributed by atoms with Crippen molar-refractivity contribution in [1.29, 1.82) is 5.26 Å². The van der Waals surface area contributed by atoms with Gasteiger partial charge in [-0.25, -0.2) is 4.98 Å². The fourth-order valence-electron chi connectivity index (χ4n) is 4.03. The van der Waals surface area contributed by atoms with Crippen LogP contribution < -0.4 is 5.32 Å². The molecule has 1 fully saturated rings. The summed E-state index contributed by atoms with van der Waals surface area (Å²) in [7, 11) is 0. The molecule has 3 rings (SSSR count). The summed E-state index contributed by atoms with van der Waals surface area (Å²) in [6, 6.07) is 7.34. The first-order valence-electron chi connectivity index (χ1n) is 9.63. The number of aromatic nitrogens is 2. The maximum absolute atomic E-state index is 12.7. The van der Waals surface area contributed by atoms with E-state index in [1.54, 1.807) is 17.3 Å². The van der Waals surface area contributed by atoms with Gasteiger partial charge in [0.15, 0.2) is 0 Å². The van der Waals surface area contributed by atoms with Crippen LogP contribution >= 0.6 is 23.2 Å². The number of nitriles is 1. The first-order valence-corrected chi connectivity index (χ1v) is 10.4. The molecule has 1 aliphatic heterocycles. The quantitative estimate of drug-likeness (QED) is 0.719. The topological polar surface area (TPSA) is 84.8 Å². The average Bonchev–Trinajstić information content (AvgIpc) is 3.28. The number of carbonyl (C=O) groups excluding carboxylic acids is 1. The van der Waals surface area contributed by atoms with Crippen molar-refractivity contribution >= 4 is 29.1 Å². The second-order valence-corrected chi connectivity index (χ2v) is 8.87.